The average molecular weight is 539 g/mol. The lowest BCUT2D eigenvalue weighted by Crippen LogP contribution is -2.37. The van der Waals surface area contributed by atoms with Gasteiger partial charge in [0.05, 0.1) is 47.5 Å². The van der Waals surface area contributed by atoms with E-state index in [0.717, 1.165) is 18.2 Å². The number of esters is 2. The lowest BCUT2D eigenvalue weighted by Gasteiger charge is -2.29. The summed E-state index contributed by atoms with van der Waals surface area (Å²) in [4.78, 5) is 41.0. The van der Waals surface area contributed by atoms with Crippen LogP contribution in [0.15, 0.2) is 70.6 Å². The number of nitrogens with zero attached hydrogens (tertiary/aromatic N) is 2. The van der Waals surface area contributed by atoms with Crippen LogP contribution in [-0.4, -0.2) is 55.1 Å². The third kappa shape index (κ3) is 3.60. The molecule has 1 aromatic heterocycles. The summed E-state index contributed by atoms with van der Waals surface area (Å²) in [6.45, 7) is 5.05. The van der Waals surface area contributed by atoms with Crippen LogP contribution in [0.5, 0.6) is 0 Å². The number of fused-ring (bicyclic) bond motifs is 7. The number of methoxy groups -OCH3 is 2. The number of hydrogen-bond donors (Lipinski definition) is 0. The van der Waals surface area contributed by atoms with E-state index in [2.05, 4.69) is 0 Å². The Bertz CT molecular complexity index is 1630. The number of amides is 1. The first-order valence-corrected chi connectivity index (χ1v) is 13.2. The Morgan fingerprint density at radius 2 is 1.37 bits per heavy atom. The van der Waals surface area contributed by atoms with Crippen LogP contribution < -0.4 is 0 Å². The van der Waals surface area contributed by atoms with Crippen molar-refractivity contribution in [2.75, 3.05) is 14.2 Å². The Kier molecular flexibility index (Phi) is 5.86. The molecule has 2 aromatic carbocycles. The normalized spacial score (nSPS) is 18.5. The van der Waals surface area contributed by atoms with E-state index in [1.165, 1.54) is 17.0 Å². The van der Waals surface area contributed by atoms with E-state index < -0.39 is 45.7 Å². The zero-order valence-electron chi connectivity index (χ0n) is 21.4. The molecule has 198 valence electrons. The number of rotatable bonds is 4. The zero-order valence-corrected chi connectivity index (χ0v) is 22.2. The van der Waals surface area contributed by atoms with Crippen LogP contribution >= 0.6 is 0 Å². The van der Waals surface area contributed by atoms with Gasteiger partial charge in [0, 0.05) is 10.9 Å². The van der Waals surface area contributed by atoms with Crippen LogP contribution in [0.1, 0.15) is 44.1 Å². The highest BCUT2D eigenvalue weighted by Gasteiger charge is 2.60. The highest BCUT2D eigenvalue weighted by atomic mass is 32.2. The second kappa shape index (κ2) is 8.73. The Hall–Kier alpha value is -4.12. The molecule has 0 saturated carbocycles. The fourth-order valence-corrected chi connectivity index (χ4v) is 6.81. The summed E-state index contributed by atoms with van der Waals surface area (Å²) in [7, 11) is -1.90. The monoisotopic (exact) mass is 538 g/mol. The van der Waals surface area contributed by atoms with Gasteiger partial charge in [-0.1, -0.05) is 36.4 Å². The van der Waals surface area contributed by atoms with E-state index in [0.29, 0.717) is 16.5 Å². The minimum absolute atomic E-state index is 0.0203. The third-order valence-corrected chi connectivity index (χ3v) is 8.27. The van der Waals surface area contributed by atoms with Crippen LogP contribution in [0.3, 0.4) is 0 Å². The van der Waals surface area contributed by atoms with Crippen molar-refractivity contribution in [3.8, 4) is 0 Å². The second-order valence-corrected chi connectivity index (χ2v) is 11.7. The number of aromatic nitrogens is 1. The summed E-state index contributed by atoms with van der Waals surface area (Å²) < 4.78 is 44.9. The van der Waals surface area contributed by atoms with Crippen molar-refractivity contribution >= 4 is 39.0 Å². The summed E-state index contributed by atoms with van der Waals surface area (Å²) >= 11 is 0. The Morgan fingerprint density at radius 1 is 0.816 bits per heavy atom. The van der Waals surface area contributed by atoms with Crippen molar-refractivity contribution in [3.63, 3.8) is 0 Å². The molecule has 10 nitrogen and oxygen atoms in total. The number of carbonyl (C=O) groups excluding carboxylic acids is 3. The van der Waals surface area contributed by atoms with Crippen molar-refractivity contribution in [2.45, 2.75) is 43.4 Å². The summed E-state index contributed by atoms with van der Waals surface area (Å²) in [5.74, 6) is -1.72. The molecule has 2 atom stereocenters. The van der Waals surface area contributed by atoms with Crippen molar-refractivity contribution in [3.05, 3.63) is 77.0 Å². The molecule has 0 aliphatic carbocycles. The lowest BCUT2D eigenvalue weighted by atomic mass is 9.88. The molecule has 0 spiro atoms. The third-order valence-electron chi connectivity index (χ3n) is 6.53. The van der Waals surface area contributed by atoms with E-state index >= 15 is 0 Å². The molecule has 3 heterocycles. The van der Waals surface area contributed by atoms with Gasteiger partial charge in [0.1, 0.15) is 11.6 Å². The topological polar surface area (TPSA) is 121 Å². The summed E-state index contributed by atoms with van der Waals surface area (Å²) in [6, 6.07) is 12.2. The Labute approximate surface area is 219 Å². The smallest absolute Gasteiger partial charge is 0.411 e. The maximum Gasteiger partial charge on any atom is 0.411 e. The molecule has 2 bridgehead atoms. The first-order chi connectivity index (χ1) is 17.9. The molecule has 11 heteroatoms. The maximum absolute atomic E-state index is 14.1. The maximum atomic E-state index is 14.1. The predicted molar refractivity (Wildman–Crippen MR) is 136 cm³/mol. The molecule has 2 aliphatic rings. The van der Waals surface area contributed by atoms with Crippen LogP contribution in [0.2, 0.25) is 0 Å². The fraction of sp³-hybridized carbons (Fsp3) is 0.296. The SMILES string of the molecule is COC(=O)C1=C(C(=O)OC)[C@H]2c3c(n(S(=O)(=O)c4ccccc4)c4ccccc34)[C@@H]1N2C(=O)OC(C)(C)C. The second-order valence-electron chi connectivity index (χ2n) is 9.90. The van der Waals surface area contributed by atoms with Gasteiger partial charge in [-0.15, -0.1) is 0 Å². The molecule has 0 radical (unpaired) electrons. The first kappa shape index (κ1) is 25.5. The van der Waals surface area contributed by atoms with Gasteiger partial charge in [-0.05, 0) is 39.0 Å². The van der Waals surface area contributed by atoms with E-state index in [1.807, 2.05) is 0 Å². The minimum Gasteiger partial charge on any atom is -0.466 e. The van der Waals surface area contributed by atoms with Crippen molar-refractivity contribution in [1.29, 1.82) is 0 Å². The molecule has 0 N–H and O–H groups in total. The molecule has 2 aliphatic heterocycles. The lowest BCUT2D eigenvalue weighted by molar-refractivity contribution is -0.139. The number of hydrogen-bond acceptors (Lipinski definition) is 8. The first-order valence-electron chi connectivity index (χ1n) is 11.8. The van der Waals surface area contributed by atoms with Crippen molar-refractivity contribution in [1.82, 2.24) is 8.87 Å². The van der Waals surface area contributed by atoms with Gasteiger partial charge in [0.15, 0.2) is 0 Å². The Balaban J connectivity index is 1.87. The van der Waals surface area contributed by atoms with Crippen LogP contribution in [-0.2, 0) is 33.8 Å². The summed E-state index contributed by atoms with van der Waals surface area (Å²) in [5, 5.41) is 0.508. The number of ether oxygens (including phenoxy) is 3. The minimum atomic E-state index is -4.21. The van der Waals surface area contributed by atoms with Crippen molar-refractivity contribution in [2.24, 2.45) is 0 Å². The molecule has 38 heavy (non-hydrogen) atoms. The molecule has 0 saturated heterocycles. The van der Waals surface area contributed by atoms with Gasteiger partial charge < -0.3 is 14.2 Å². The number of benzene rings is 2. The van der Waals surface area contributed by atoms with Crippen LogP contribution in [0.4, 0.5) is 4.79 Å². The quantitative estimate of drug-likeness (QED) is 0.363. The number of carbonyl (C=O) groups is 3. The van der Waals surface area contributed by atoms with E-state index in [4.69, 9.17) is 14.2 Å². The van der Waals surface area contributed by atoms with E-state index in [-0.39, 0.29) is 21.7 Å². The molecular formula is C27H26N2O8S. The van der Waals surface area contributed by atoms with Gasteiger partial charge in [-0.3, -0.25) is 4.90 Å². The van der Waals surface area contributed by atoms with Crippen LogP contribution in [0, 0.1) is 0 Å². The highest BCUT2D eigenvalue weighted by Crippen LogP contribution is 2.60. The molecule has 0 fully saturated rings. The van der Waals surface area contributed by atoms with Gasteiger partial charge in [0.2, 0.25) is 0 Å². The molecule has 0 unspecified atom stereocenters. The molecule has 1 amide bonds. The summed E-state index contributed by atoms with van der Waals surface area (Å²) in [6.07, 6.45) is -0.822. The van der Waals surface area contributed by atoms with Crippen molar-refractivity contribution < 1.29 is 37.0 Å². The largest absolute Gasteiger partial charge is 0.466 e. The standard InChI is InChI=1S/C27H26N2O8S/c1-27(2,3)37-26(32)28-21-18-16-13-9-10-14-17(16)29(38(33,34)15-11-7-6-8-12-15)23(18)22(28)20(25(31)36-5)19(21)24(30)35-4/h6-14,21-22H,1-5H3/t21-,22-/m1/s1. The average Bonchev–Trinajstić information content (AvgIpc) is 3.51. The van der Waals surface area contributed by atoms with Gasteiger partial charge in [0.25, 0.3) is 10.0 Å². The highest BCUT2D eigenvalue weighted by molar-refractivity contribution is 7.90. The Morgan fingerprint density at radius 3 is 1.95 bits per heavy atom. The van der Waals surface area contributed by atoms with Gasteiger partial charge >= 0.3 is 18.0 Å². The predicted octanol–water partition coefficient (Wildman–Crippen LogP) is 3.87. The molecule has 3 aromatic rings. The number of para-hydroxylation sites is 1. The fourth-order valence-electron chi connectivity index (χ4n) is 5.22. The molecule has 5 rings (SSSR count). The molecular weight excluding hydrogens is 512 g/mol. The van der Waals surface area contributed by atoms with Gasteiger partial charge in [-0.25, -0.2) is 26.8 Å². The van der Waals surface area contributed by atoms with Crippen LogP contribution in [0.25, 0.3) is 10.9 Å². The van der Waals surface area contributed by atoms with Gasteiger partial charge in [-0.2, -0.15) is 0 Å². The summed E-state index contributed by atoms with van der Waals surface area (Å²) in [5.41, 5.74) is -0.259. The zero-order chi connectivity index (χ0) is 27.6. The van der Waals surface area contributed by atoms with E-state index in [9.17, 15) is 22.8 Å². The van der Waals surface area contributed by atoms with E-state index in [1.54, 1.807) is 63.2 Å².